The van der Waals surface area contributed by atoms with Crippen LogP contribution in [0.5, 0.6) is 11.5 Å². The van der Waals surface area contributed by atoms with Crippen molar-refractivity contribution in [1.82, 2.24) is 24.6 Å². The third kappa shape index (κ3) is 5.09. The molecule has 3 aromatic heterocycles. The molecular weight excluding hydrogens is 516 g/mol. The molecule has 0 aliphatic heterocycles. The number of aromatic amines is 1. The topological polar surface area (TPSA) is 106 Å². The fourth-order valence-electron chi connectivity index (χ4n) is 5.13. The zero-order valence-corrected chi connectivity index (χ0v) is 23.4. The van der Waals surface area contributed by atoms with E-state index in [1.165, 1.54) is 0 Å². The molecule has 0 fully saturated rings. The van der Waals surface area contributed by atoms with Crippen LogP contribution in [0, 0.1) is 13.8 Å². The predicted octanol–water partition coefficient (Wildman–Crippen LogP) is 6.14. The second-order valence-electron chi connectivity index (χ2n) is 9.86. The first kappa shape index (κ1) is 26.1. The highest BCUT2D eigenvalue weighted by Crippen LogP contribution is 2.33. The summed E-state index contributed by atoms with van der Waals surface area (Å²) in [6.45, 7) is 3.98. The molecular formula is C32H30N6O3. The number of carbonyl (C=O) groups is 1. The van der Waals surface area contributed by atoms with E-state index in [1.54, 1.807) is 14.2 Å². The number of H-pyrrole nitrogens is 1. The van der Waals surface area contributed by atoms with Gasteiger partial charge in [0, 0.05) is 46.8 Å². The van der Waals surface area contributed by atoms with Gasteiger partial charge in [0.2, 0.25) is 5.91 Å². The van der Waals surface area contributed by atoms with Crippen LogP contribution in [0.2, 0.25) is 0 Å². The van der Waals surface area contributed by atoms with Gasteiger partial charge in [0.05, 0.1) is 30.9 Å². The van der Waals surface area contributed by atoms with Gasteiger partial charge in [-0.1, -0.05) is 24.3 Å². The Morgan fingerprint density at radius 2 is 1.80 bits per heavy atom. The van der Waals surface area contributed by atoms with E-state index in [2.05, 4.69) is 15.3 Å². The van der Waals surface area contributed by atoms with Crippen LogP contribution in [0.25, 0.3) is 39.3 Å². The molecule has 0 spiro atoms. The Morgan fingerprint density at radius 1 is 0.951 bits per heavy atom. The van der Waals surface area contributed by atoms with Gasteiger partial charge in [-0.15, -0.1) is 0 Å². The molecule has 0 aliphatic carbocycles. The lowest BCUT2D eigenvalue weighted by Crippen LogP contribution is -2.14. The molecule has 6 aromatic rings. The Kier molecular flexibility index (Phi) is 6.84. The molecule has 6 rings (SSSR count). The molecule has 9 nitrogen and oxygen atoms in total. The zero-order chi connectivity index (χ0) is 28.5. The third-order valence-electron chi connectivity index (χ3n) is 7.26. The van der Waals surface area contributed by atoms with Gasteiger partial charge in [-0.3, -0.25) is 4.79 Å². The number of para-hydroxylation sites is 2. The first-order valence-electron chi connectivity index (χ1n) is 13.4. The number of nitrogens with one attached hydrogen (secondary N) is 2. The average molecular weight is 547 g/mol. The average Bonchev–Trinajstić information content (AvgIpc) is 3.61. The van der Waals surface area contributed by atoms with Crippen LogP contribution in [0.3, 0.4) is 0 Å². The molecule has 0 saturated heterocycles. The number of ether oxygens (including phenoxy) is 2. The van der Waals surface area contributed by atoms with Gasteiger partial charge in [0.25, 0.3) is 0 Å². The number of hydrogen-bond acceptors (Lipinski definition) is 6. The van der Waals surface area contributed by atoms with E-state index < -0.39 is 0 Å². The highest BCUT2D eigenvalue weighted by Gasteiger charge is 2.17. The molecule has 0 radical (unpaired) electrons. The Morgan fingerprint density at radius 3 is 2.61 bits per heavy atom. The summed E-state index contributed by atoms with van der Waals surface area (Å²) >= 11 is 0. The van der Waals surface area contributed by atoms with Crippen molar-refractivity contribution in [3.8, 4) is 34.1 Å². The van der Waals surface area contributed by atoms with Crippen molar-refractivity contribution in [3.63, 3.8) is 0 Å². The maximum atomic E-state index is 13.0. The lowest BCUT2D eigenvalue weighted by atomic mass is 10.1. The maximum absolute atomic E-state index is 13.0. The lowest BCUT2D eigenvalue weighted by molar-refractivity contribution is -0.116. The summed E-state index contributed by atoms with van der Waals surface area (Å²) in [5.74, 6) is 2.07. The second-order valence-corrected chi connectivity index (χ2v) is 9.86. The number of rotatable bonds is 8. The fourth-order valence-corrected chi connectivity index (χ4v) is 5.13. The van der Waals surface area contributed by atoms with E-state index in [4.69, 9.17) is 19.6 Å². The third-order valence-corrected chi connectivity index (χ3v) is 7.26. The molecule has 0 atom stereocenters. The number of aromatic nitrogens is 5. The highest BCUT2D eigenvalue weighted by molar-refractivity contribution is 5.91. The molecule has 9 heteroatoms. The molecule has 1 amide bonds. The monoisotopic (exact) mass is 546 g/mol. The SMILES string of the molecule is COc1ccc(-c2cc3nc(C)c(CCC(=O)Nc4cccc(-c5nc6ccccc6[nH]5)c4)c(C)n3n2)c(OC)c1. The van der Waals surface area contributed by atoms with E-state index in [1.807, 2.05) is 91.2 Å². The minimum absolute atomic E-state index is 0.0743. The minimum atomic E-state index is -0.0743. The van der Waals surface area contributed by atoms with Crippen molar-refractivity contribution >= 4 is 28.3 Å². The number of nitrogens with zero attached hydrogens (tertiary/aromatic N) is 4. The Balaban J connectivity index is 1.19. The van der Waals surface area contributed by atoms with Gasteiger partial charge < -0.3 is 19.8 Å². The summed E-state index contributed by atoms with van der Waals surface area (Å²) in [7, 11) is 3.25. The van der Waals surface area contributed by atoms with Crippen LogP contribution in [-0.4, -0.2) is 44.7 Å². The van der Waals surface area contributed by atoms with Crippen LogP contribution in [0.4, 0.5) is 5.69 Å². The van der Waals surface area contributed by atoms with Crippen molar-refractivity contribution < 1.29 is 14.3 Å². The summed E-state index contributed by atoms with van der Waals surface area (Å²) < 4.78 is 12.7. The van der Waals surface area contributed by atoms with Crippen molar-refractivity contribution in [3.05, 3.63) is 89.7 Å². The molecule has 0 aliphatic rings. The first-order valence-corrected chi connectivity index (χ1v) is 13.4. The van der Waals surface area contributed by atoms with E-state index in [-0.39, 0.29) is 5.91 Å². The van der Waals surface area contributed by atoms with Crippen LogP contribution >= 0.6 is 0 Å². The molecule has 0 saturated carbocycles. The van der Waals surface area contributed by atoms with Gasteiger partial charge in [0.1, 0.15) is 17.3 Å². The number of benzene rings is 3. The van der Waals surface area contributed by atoms with Crippen LogP contribution < -0.4 is 14.8 Å². The summed E-state index contributed by atoms with van der Waals surface area (Å²) in [6.07, 6.45) is 0.848. The zero-order valence-electron chi connectivity index (χ0n) is 23.4. The van der Waals surface area contributed by atoms with Crippen molar-refractivity contribution in [2.24, 2.45) is 0 Å². The Bertz CT molecular complexity index is 1870. The lowest BCUT2D eigenvalue weighted by Gasteiger charge is -2.11. The Labute approximate surface area is 237 Å². The number of fused-ring (bicyclic) bond motifs is 2. The number of hydrogen-bond donors (Lipinski definition) is 2. The molecule has 0 bridgehead atoms. The van der Waals surface area contributed by atoms with Crippen molar-refractivity contribution in [2.75, 3.05) is 19.5 Å². The van der Waals surface area contributed by atoms with Gasteiger partial charge in [-0.25, -0.2) is 14.5 Å². The predicted molar refractivity (Wildman–Crippen MR) is 159 cm³/mol. The summed E-state index contributed by atoms with van der Waals surface area (Å²) in [4.78, 5) is 25.8. The first-order chi connectivity index (χ1) is 19.9. The molecule has 41 heavy (non-hydrogen) atoms. The van der Waals surface area contributed by atoms with Crippen LogP contribution in [-0.2, 0) is 11.2 Å². The smallest absolute Gasteiger partial charge is 0.224 e. The molecule has 2 N–H and O–H groups in total. The molecule has 3 heterocycles. The number of methoxy groups -OCH3 is 2. The number of carbonyl (C=O) groups excluding carboxylic acids is 1. The van der Waals surface area contributed by atoms with Crippen molar-refractivity contribution in [1.29, 1.82) is 0 Å². The summed E-state index contributed by atoms with van der Waals surface area (Å²) in [5.41, 5.74) is 8.67. The number of aryl methyl sites for hydroxylation is 2. The highest BCUT2D eigenvalue weighted by atomic mass is 16.5. The Hall–Kier alpha value is -5.18. The minimum Gasteiger partial charge on any atom is -0.497 e. The van der Waals surface area contributed by atoms with Crippen molar-refractivity contribution in [2.45, 2.75) is 26.7 Å². The number of anilines is 1. The van der Waals surface area contributed by atoms with Crippen LogP contribution in [0.15, 0.2) is 72.8 Å². The van der Waals surface area contributed by atoms with Gasteiger partial charge in [-0.05, 0) is 62.2 Å². The van der Waals surface area contributed by atoms with E-state index >= 15 is 0 Å². The normalized spacial score (nSPS) is 11.2. The molecule has 3 aromatic carbocycles. The van der Waals surface area contributed by atoms with Gasteiger partial charge in [0.15, 0.2) is 5.65 Å². The van der Waals surface area contributed by atoms with Gasteiger partial charge in [-0.2, -0.15) is 5.10 Å². The van der Waals surface area contributed by atoms with E-state index in [0.717, 1.165) is 62.0 Å². The summed E-state index contributed by atoms with van der Waals surface area (Å²) in [6, 6.07) is 23.2. The van der Waals surface area contributed by atoms with E-state index in [0.29, 0.717) is 24.3 Å². The number of imidazole rings is 1. The standard InChI is InChI=1S/C32H30N6O3/c1-19-24(20(2)38-30(33-19)18-28(37-38)25-13-12-23(40-3)17-29(25)41-4)14-15-31(39)34-22-9-7-8-21(16-22)32-35-26-10-5-6-11-27(26)36-32/h5-13,16-18H,14-15H2,1-4H3,(H,34,39)(H,35,36). The fraction of sp³-hybridized carbons (Fsp3) is 0.188. The van der Waals surface area contributed by atoms with Gasteiger partial charge >= 0.3 is 0 Å². The largest absolute Gasteiger partial charge is 0.497 e. The quantitative estimate of drug-likeness (QED) is 0.237. The van der Waals surface area contributed by atoms with E-state index in [9.17, 15) is 4.79 Å². The summed E-state index contributed by atoms with van der Waals surface area (Å²) in [5, 5.41) is 7.85. The molecule has 0 unspecified atom stereocenters. The maximum Gasteiger partial charge on any atom is 0.224 e. The van der Waals surface area contributed by atoms with Crippen LogP contribution in [0.1, 0.15) is 23.4 Å². The number of amides is 1. The molecule has 206 valence electrons. The second kappa shape index (κ2) is 10.8.